The highest BCUT2D eigenvalue weighted by atomic mass is 35.5. The van der Waals surface area contributed by atoms with E-state index in [1.54, 1.807) is 24.5 Å². The molecule has 4 nitrogen and oxygen atoms in total. The lowest BCUT2D eigenvalue weighted by atomic mass is 10.0. The molecule has 146 valence electrons. The molecule has 0 fully saturated rings. The number of carbonyl (C=O) groups is 2. The van der Waals surface area contributed by atoms with Gasteiger partial charge in [-0.2, -0.15) is 0 Å². The Bertz CT molecular complexity index is 1070. The summed E-state index contributed by atoms with van der Waals surface area (Å²) in [5.74, 6) is 0.667. The monoisotopic (exact) mass is 423 g/mol. The number of hydrogen-bond donors (Lipinski definition) is 0. The maximum atomic E-state index is 13.2. The van der Waals surface area contributed by atoms with E-state index in [2.05, 4.69) is 0 Å². The molecule has 0 aliphatic carbocycles. The van der Waals surface area contributed by atoms with Gasteiger partial charge in [0.05, 0.1) is 29.0 Å². The fourth-order valence-electron chi connectivity index (χ4n) is 3.12. The van der Waals surface area contributed by atoms with Crippen molar-refractivity contribution in [2.24, 2.45) is 0 Å². The number of thioether (sulfide) groups is 1. The van der Waals surface area contributed by atoms with E-state index >= 15 is 0 Å². The van der Waals surface area contributed by atoms with E-state index in [1.165, 1.54) is 16.7 Å². The number of halogens is 1. The number of aryl methyl sites for hydroxylation is 1. The van der Waals surface area contributed by atoms with Gasteiger partial charge < -0.3 is 4.42 Å². The summed E-state index contributed by atoms with van der Waals surface area (Å²) in [6, 6.07) is 18.5. The van der Waals surface area contributed by atoms with E-state index in [4.69, 9.17) is 16.0 Å². The van der Waals surface area contributed by atoms with Gasteiger partial charge >= 0.3 is 0 Å². The molecule has 0 atom stereocenters. The molecule has 2 aromatic carbocycles. The number of imide groups is 1. The van der Waals surface area contributed by atoms with Crippen LogP contribution in [0.5, 0.6) is 0 Å². The zero-order valence-corrected chi connectivity index (χ0v) is 17.3. The van der Waals surface area contributed by atoms with Gasteiger partial charge in [-0.05, 0) is 42.3 Å². The largest absolute Gasteiger partial charge is 0.468 e. The van der Waals surface area contributed by atoms with Crippen LogP contribution in [0.2, 0.25) is 5.02 Å². The number of nitrogens with zero attached hydrogens (tertiary/aromatic N) is 1. The third-order valence-corrected chi connectivity index (χ3v) is 6.01. The average Bonchev–Trinajstić information content (AvgIpc) is 3.31. The first-order valence-electron chi connectivity index (χ1n) is 9.10. The van der Waals surface area contributed by atoms with Crippen molar-refractivity contribution in [3.05, 3.63) is 99.3 Å². The van der Waals surface area contributed by atoms with E-state index in [-0.39, 0.29) is 18.4 Å². The van der Waals surface area contributed by atoms with E-state index in [1.807, 2.05) is 49.4 Å². The fraction of sp³-hybridized carbons (Fsp3) is 0.130. The van der Waals surface area contributed by atoms with Crippen molar-refractivity contribution in [3.63, 3.8) is 0 Å². The molecule has 0 unspecified atom stereocenters. The number of furan rings is 1. The Kier molecular flexibility index (Phi) is 5.60. The first-order valence-corrected chi connectivity index (χ1v) is 10.5. The zero-order valence-electron chi connectivity index (χ0n) is 15.7. The van der Waals surface area contributed by atoms with Crippen molar-refractivity contribution in [3.8, 4) is 0 Å². The quantitative estimate of drug-likeness (QED) is 0.494. The smallest absolute Gasteiger partial charge is 0.268 e. The summed E-state index contributed by atoms with van der Waals surface area (Å²) in [7, 11) is 0. The summed E-state index contributed by atoms with van der Waals surface area (Å²) in [5, 5.41) is 0.612. The van der Waals surface area contributed by atoms with Crippen molar-refractivity contribution in [1.82, 2.24) is 4.90 Å². The predicted octanol–water partition coefficient (Wildman–Crippen LogP) is 5.45. The minimum atomic E-state index is -0.282. The third-order valence-electron chi connectivity index (χ3n) is 4.66. The van der Waals surface area contributed by atoms with Crippen molar-refractivity contribution in [2.75, 3.05) is 0 Å². The van der Waals surface area contributed by atoms with Crippen molar-refractivity contribution in [2.45, 2.75) is 19.2 Å². The van der Waals surface area contributed by atoms with Crippen molar-refractivity contribution in [1.29, 1.82) is 0 Å². The molecule has 2 heterocycles. The van der Waals surface area contributed by atoms with Crippen LogP contribution < -0.4 is 0 Å². The van der Waals surface area contributed by atoms with Gasteiger partial charge in [0.25, 0.3) is 11.8 Å². The highest BCUT2D eigenvalue weighted by Gasteiger charge is 2.39. The zero-order chi connectivity index (χ0) is 20.4. The molecule has 3 aromatic rings. The third kappa shape index (κ3) is 4.16. The minimum Gasteiger partial charge on any atom is -0.468 e. The van der Waals surface area contributed by atoms with Gasteiger partial charge in [-0.1, -0.05) is 53.6 Å². The van der Waals surface area contributed by atoms with Crippen LogP contribution in [-0.4, -0.2) is 16.7 Å². The summed E-state index contributed by atoms with van der Waals surface area (Å²) in [5.41, 5.74) is 3.13. The van der Waals surface area contributed by atoms with Crippen LogP contribution in [0.15, 0.2) is 76.2 Å². The Balaban J connectivity index is 1.66. The molecule has 4 rings (SSSR count). The minimum absolute atomic E-state index is 0.203. The second-order valence-electron chi connectivity index (χ2n) is 6.76. The van der Waals surface area contributed by atoms with Crippen LogP contribution in [-0.2, 0) is 21.9 Å². The van der Waals surface area contributed by atoms with Gasteiger partial charge in [-0.15, -0.1) is 11.8 Å². The maximum absolute atomic E-state index is 13.2. The Morgan fingerprint density at radius 3 is 2.34 bits per heavy atom. The molecule has 0 spiro atoms. The molecule has 1 aliphatic heterocycles. The maximum Gasteiger partial charge on any atom is 0.268 e. The van der Waals surface area contributed by atoms with E-state index in [0.29, 0.717) is 21.3 Å². The lowest BCUT2D eigenvalue weighted by Crippen LogP contribution is -2.30. The van der Waals surface area contributed by atoms with E-state index < -0.39 is 0 Å². The number of amides is 2. The number of rotatable bonds is 6. The fourth-order valence-corrected chi connectivity index (χ4v) is 4.28. The van der Waals surface area contributed by atoms with Gasteiger partial charge in [0.1, 0.15) is 5.76 Å². The summed E-state index contributed by atoms with van der Waals surface area (Å²) >= 11 is 7.28. The molecule has 0 bridgehead atoms. The Morgan fingerprint density at radius 1 is 0.966 bits per heavy atom. The molecule has 1 aliphatic rings. The molecule has 2 amide bonds. The van der Waals surface area contributed by atoms with Crippen LogP contribution in [0.3, 0.4) is 0 Å². The molecular weight excluding hydrogens is 406 g/mol. The van der Waals surface area contributed by atoms with Crippen LogP contribution in [0.25, 0.3) is 5.57 Å². The Morgan fingerprint density at radius 2 is 1.69 bits per heavy atom. The second-order valence-corrected chi connectivity index (χ2v) is 8.18. The van der Waals surface area contributed by atoms with Crippen molar-refractivity contribution < 1.29 is 14.0 Å². The number of benzene rings is 2. The van der Waals surface area contributed by atoms with Gasteiger partial charge in [-0.3, -0.25) is 14.5 Å². The Labute approximate surface area is 178 Å². The van der Waals surface area contributed by atoms with Crippen LogP contribution in [0, 0.1) is 6.92 Å². The lowest BCUT2D eigenvalue weighted by molar-refractivity contribution is -0.137. The first-order chi connectivity index (χ1) is 14.0. The molecule has 0 saturated heterocycles. The lowest BCUT2D eigenvalue weighted by Gasteiger charge is -2.15. The van der Waals surface area contributed by atoms with Crippen molar-refractivity contribution >= 4 is 40.8 Å². The first kappa shape index (κ1) is 19.6. The second kappa shape index (κ2) is 8.31. The predicted molar refractivity (Wildman–Crippen MR) is 115 cm³/mol. The number of carbonyl (C=O) groups excluding carboxylic acids is 2. The standard InChI is InChI=1S/C23H18ClNO3S/c1-15-4-8-17(9-5-15)20-21(29-14-19-3-2-12-28-19)23(27)25(22(20)26)13-16-6-10-18(24)11-7-16/h2-12H,13-14H2,1H3. The molecule has 29 heavy (non-hydrogen) atoms. The topological polar surface area (TPSA) is 50.5 Å². The van der Waals surface area contributed by atoms with Crippen LogP contribution >= 0.6 is 23.4 Å². The van der Waals surface area contributed by atoms with Crippen LogP contribution in [0.1, 0.15) is 22.5 Å². The molecule has 1 aromatic heterocycles. The molecular formula is C23H18ClNO3S. The SMILES string of the molecule is Cc1ccc(C2=C(SCc3ccco3)C(=O)N(Cc3ccc(Cl)cc3)C2=O)cc1. The molecule has 0 saturated carbocycles. The molecule has 0 radical (unpaired) electrons. The number of hydrogen-bond acceptors (Lipinski definition) is 4. The van der Waals surface area contributed by atoms with E-state index in [9.17, 15) is 9.59 Å². The van der Waals surface area contributed by atoms with Gasteiger partial charge in [0.2, 0.25) is 0 Å². The van der Waals surface area contributed by atoms with Gasteiger partial charge in [0, 0.05) is 5.02 Å². The summed E-state index contributed by atoms with van der Waals surface area (Å²) < 4.78 is 5.38. The summed E-state index contributed by atoms with van der Waals surface area (Å²) in [6.45, 7) is 2.19. The molecule has 0 N–H and O–H groups in total. The highest BCUT2D eigenvalue weighted by Crippen LogP contribution is 2.38. The summed E-state index contributed by atoms with van der Waals surface area (Å²) in [4.78, 5) is 28.1. The van der Waals surface area contributed by atoms with Gasteiger partial charge in [0.15, 0.2) is 0 Å². The van der Waals surface area contributed by atoms with Crippen LogP contribution in [0.4, 0.5) is 0 Å². The normalized spacial score (nSPS) is 14.2. The average molecular weight is 424 g/mol. The summed E-state index contributed by atoms with van der Waals surface area (Å²) in [6.07, 6.45) is 1.60. The highest BCUT2D eigenvalue weighted by molar-refractivity contribution is 8.03. The molecule has 6 heteroatoms. The van der Waals surface area contributed by atoms with Gasteiger partial charge in [-0.25, -0.2) is 0 Å². The van der Waals surface area contributed by atoms with E-state index in [0.717, 1.165) is 22.5 Å². The Hall–Kier alpha value is -2.76.